The van der Waals surface area contributed by atoms with E-state index in [0.29, 0.717) is 11.6 Å². The quantitative estimate of drug-likeness (QED) is 0.691. The first kappa shape index (κ1) is 8.04. The molecule has 0 aliphatic heterocycles. The predicted molar refractivity (Wildman–Crippen MR) is 50.8 cm³/mol. The Balaban J connectivity index is 2.68. The van der Waals surface area contributed by atoms with E-state index in [-0.39, 0.29) is 5.69 Å². The summed E-state index contributed by atoms with van der Waals surface area (Å²) in [5.41, 5.74) is 2.32. The minimum absolute atomic E-state index is 0.205. The smallest absolute Gasteiger partial charge is 0.304 e. The molecule has 0 saturated heterocycles. The number of imidazole rings is 1. The van der Waals surface area contributed by atoms with Gasteiger partial charge < -0.3 is 4.98 Å². The van der Waals surface area contributed by atoms with E-state index < -0.39 is 0 Å². The van der Waals surface area contributed by atoms with Gasteiger partial charge in [-0.25, -0.2) is 9.78 Å². The molecule has 4 nitrogen and oxygen atoms in total. The van der Waals surface area contributed by atoms with Crippen LogP contribution >= 0.6 is 0 Å². The molecule has 0 aromatic carbocycles. The molecule has 0 bridgehead atoms. The van der Waals surface area contributed by atoms with Gasteiger partial charge in [0.2, 0.25) is 0 Å². The van der Waals surface area contributed by atoms with Crippen LogP contribution in [0.4, 0.5) is 0 Å². The molecule has 2 N–H and O–H groups in total. The summed E-state index contributed by atoms with van der Waals surface area (Å²) in [6, 6.07) is 1.95. The van der Waals surface area contributed by atoms with E-state index in [2.05, 4.69) is 28.8 Å². The van der Waals surface area contributed by atoms with Gasteiger partial charge in [-0.1, -0.05) is 13.8 Å². The van der Waals surface area contributed by atoms with Crippen LogP contribution in [0.2, 0.25) is 0 Å². The molecule has 0 unspecified atom stereocenters. The Bertz CT molecular complexity index is 481. The van der Waals surface area contributed by atoms with Crippen LogP contribution in [0.3, 0.4) is 0 Å². The lowest BCUT2D eigenvalue weighted by molar-refractivity contribution is 0.861. The first-order valence-corrected chi connectivity index (χ1v) is 4.25. The molecule has 0 aliphatic rings. The van der Waals surface area contributed by atoms with Gasteiger partial charge in [0.15, 0.2) is 5.65 Å². The molecule has 2 heterocycles. The van der Waals surface area contributed by atoms with E-state index >= 15 is 0 Å². The van der Waals surface area contributed by atoms with Crippen LogP contribution in [-0.4, -0.2) is 15.0 Å². The Morgan fingerprint density at radius 3 is 2.85 bits per heavy atom. The summed E-state index contributed by atoms with van der Waals surface area (Å²) < 4.78 is 0. The topological polar surface area (TPSA) is 61.5 Å². The highest BCUT2D eigenvalue weighted by molar-refractivity contribution is 5.70. The molecule has 0 radical (unpaired) electrons. The second-order valence-corrected chi connectivity index (χ2v) is 3.40. The highest BCUT2D eigenvalue weighted by Gasteiger charge is 2.03. The molecule has 13 heavy (non-hydrogen) atoms. The van der Waals surface area contributed by atoms with Gasteiger partial charge in [-0.2, -0.15) is 0 Å². The van der Waals surface area contributed by atoms with Crippen molar-refractivity contribution in [2.75, 3.05) is 0 Å². The maximum Gasteiger partial charge on any atom is 0.325 e. The number of rotatable bonds is 1. The Morgan fingerprint density at radius 2 is 2.15 bits per heavy atom. The van der Waals surface area contributed by atoms with E-state index in [0.717, 1.165) is 11.1 Å². The van der Waals surface area contributed by atoms with Crippen molar-refractivity contribution in [1.29, 1.82) is 0 Å². The van der Waals surface area contributed by atoms with Crippen LogP contribution in [0.25, 0.3) is 11.2 Å². The predicted octanol–water partition coefficient (Wildman–Crippen LogP) is 1.37. The molecule has 0 saturated carbocycles. The van der Waals surface area contributed by atoms with E-state index in [1.165, 1.54) is 0 Å². The third-order valence-corrected chi connectivity index (χ3v) is 2.06. The molecule has 2 aromatic heterocycles. The highest BCUT2D eigenvalue weighted by Crippen LogP contribution is 2.15. The number of nitrogens with one attached hydrogen (secondary N) is 2. The molecular weight excluding hydrogens is 166 g/mol. The summed E-state index contributed by atoms with van der Waals surface area (Å²) >= 11 is 0. The minimum atomic E-state index is -0.205. The molecule has 0 amide bonds. The van der Waals surface area contributed by atoms with Gasteiger partial charge in [-0.15, -0.1) is 0 Å². The maximum absolute atomic E-state index is 10.9. The summed E-state index contributed by atoms with van der Waals surface area (Å²) in [5.74, 6) is 0.426. The fourth-order valence-corrected chi connectivity index (χ4v) is 1.25. The molecule has 2 aromatic rings. The zero-order valence-electron chi connectivity index (χ0n) is 7.59. The van der Waals surface area contributed by atoms with Crippen molar-refractivity contribution in [3.63, 3.8) is 0 Å². The van der Waals surface area contributed by atoms with Crippen molar-refractivity contribution in [3.8, 4) is 0 Å². The van der Waals surface area contributed by atoms with Crippen LogP contribution in [0.15, 0.2) is 17.1 Å². The molecular formula is C9H11N3O. The number of aromatic amines is 2. The van der Waals surface area contributed by atoms with Gasteiger partial charge in [-0.05, 0) is 17.5 Å². The van der Waals surface area contributed by atoms with E-state index in [1.807, 2.05) is 6.07 Å². The summed E-state index contributed by atoms with van der Waals surface area (Å²) in [7, 11) is 0. The normalized spacial score (nSPS) is 11.3. The molecule has 0 fully saturated rings. The van der Waals surface area contributed by atoms with Crippen LogP contribution in [0.5, 0.6) is 0 Å². The average molecular weight is 177 g/mol. The van der Waals surface area contributed by atoms with Crippen molar-refractivity contribution in [3.05, 3.63) is 28.3 Å². The largest absolute Gasteiger partial charge is 0.325 e. The van der Waals surface area contributed by atoms with Gasteiger partial charge in [0.1, 0.15) is 0 Å². The Kier molecular flexibility index (Phi) is 1.69. The van der Waals surface area contributed by atoms with Gasteiger partial charge in [0, 0.05) is 6.20 Å². The molecule has 68 valence electrons. The number of pyridine rings is 1. The Labute approximate surface area is 75.0 Å². The first-order valence-electron chi connectivity index (χ1n) is 4.25. The number of aromatic nitrogens is 3. The molecule has 0 aliphatic carbocycles. The number of fused-ring (bicyclic) bond motifs is 1. The Hall–Kier alpha value is -1.58. The lowest BCUT2D eigenvalue weighted by Crippen LogP contribution is -1.99. The third-order valence-electron chi connectivity index (χ3n) is 2.06. The van der Waals surface area contributed by atoms with Gasteiger partial charge in [0.05, 0.1) is 5.52 Å². The highest BCUT2D eigenvalue weighted by atomic mass is 16.1. The lowest BCUT2D eigenvalue weighted by Gasteiger charge is -2.02. The number of hydrogen-bond donors (Lipinski definition) is 2. The van der Waals surface area contributed by atoms with Gasteiger partial charge in [-0.3, -0.25) is 4.98 Å². The van der Waals surface area contributed by atoms with Crippen LogP contribution in [-0.2, 0) is 0 Å². The minimum Gasteiger partial charge on any atom is -0.304 e. The van der Waals surface area contributed by atoms with Crippen LogP contribution in [0, 0.1) is 0 Å². The van der Waals surface area contributed by atoms with E-state index in [4.69, 9.17) is 0 Å². The first-order chi connectivity index (χ1) is 6.16. The molecule has 0 spiro atoms. The maximum atomic E-state index is 10.9. The van der Waals surface area contributed by atoms with Crippen molar-refractivity contribution >= 4 is 11.2 Å². The molecule has 4 heteroatoms. The average Bonchev–Trinajstić information content (AvgIpc) is 2.42. The van der Waals surface area contributed by atoms with Crippen molar-refractivity contribution in [2.45, 2.75) is 19.8 Å². The van der Waals surface area contributed by atoms with Gasteiger partial charge in [0.25, 0.3) is 0 Å². The van der Waals surface area contributed by atoms with Crippen LogP contribution in [0.1, 0.15) is 25.3 Å². The van der Waals surface area contributed by atoms with E-state index in [9.17, 15) is 4.79 Å². The van der Waals surface area contributed by atoms with E-state index in [1.54, 1.807) is 6.20 Å². The molecule has 0 atom stereocenters. The fourth-order valence-electron chi connectivity index (χ4n) is 1.25. The third kappa shape index (κ3) is 1.35. The molecule has 2 rings (SSSR count). The Morgan fingerprint density at radius 1 is 1.38 bits per heavy atom. The lowest BCUT2D eigenvalue weighted by atomic mass is 10.1. The standard InChI is InChI=1S/C9H11N3O/c1-5(2)6-3-7-8(10-4-6)12-9(13)11-7/h3-5H,1-2H3,(H2,10,11,12,13). The number of H-pyrrole nitrogens is 2. The summed E-state index contributed by atoms with van der Waals surface area (Å²) in [5, 5.41) is 0. The van der Waals surface area contributed by atoms with Crippen LogP contribution < -0.4 is 5.69 Å². The zero-order chi connectivity index (χ0) is 9.42. The monoisotopic (exact) mass is 177 g/mol. The van der Waals surface area contributed by atoms with Gasteiger partial charge >= 0.3 is 5.69 Å². The van der Waals surface area contributed by atoms with Crippen molar-refractivity contribution < 1.29 is 0 Å². The summed E-state index contributed by atoms with van der Waals surface area (Å²) in [6.07, 6.45) is 1.79. The van der Waals surface area contributed by atoms with Crippen molar-refractivity contribution in [2.24, 2.45) is 0 Å². The summed E-state index contributed by atoms with van der Waals surface area (Å²) in [4.78, 5) is 20.3. The fraction of sp³-hybridized carbons (Fsp3) is 0.333. The number of nitrogens with zero attached hydrogens (tertiary/aromatic N) is 1. The second kappa shape index (κ2) is 2.73. The summed E-state index contributed by atoms with van der Waals surface area (Å²) in [6.45, 7) is 4.18. The van der Waals surface area contributed by atoms with Crippen molar-refractivity contribution in [1.82, 2.24) is 15.0 Å². The number of hydrogen-bond acceptors (Lipinski definition) is 2. The zero-order valence-corrected chi connectivity index (χ0v) is 7.59. The SMILES string of the molecule is CC(C)c1cnc2[nH]c(=O)[nH]c2c1. The second-order valence-electron chi connectivity index (χ2n) is 3.40.